The van der Waals surface area contributed by atoms with Gasteiger partial charge in [0, 0.05) is 0 Å². The summed E-state index contributed by atoms with van der Waals surface area (Å²) in [5, 5.41) is 0. The molecule has 5 heteroatoms. The Morgan fingerprint density at radius 1 is 1.47 bits per heavy atom. The normalized spacial score (nSPS) is 11.3. The van der Waals surface area contributed by atoms with E-state index in [2.05, 4.69) is 11.6 Å². The number of ether oxygens (including phenoxy) is 1. The molecule has 84 valence electrons. The van der Waals surface area contributed by atoms with Crippen LogP contribution in [0.3, 0.4) is 0 Å². The molecule has 0 rings (SSSR count). The molecule has 0 aromatic heterocycles. The van der Waals surface area contributed by atoms with E-state index in [0.29, 0.717) is 24.3 Å². The lowest BCUT2D eigenvalue weighted by atomic mass is 10.1. The molecular formula is C10H17N3O2. The van der Waals surface area contributed by atoms with Crippen LogP contribution in [-0.2, 0) is 9.53 Å². The molecule has 0 amide bonds. The lowest BCUT2D eigenvalue weighted by molar-refractivity contribution is -0.138. The highest BCUT2D eigenvalue weighted by Gasteiger charge is 2.12. The van der Waals surface area contributed by atoms with Gasteiger partial charge in [0.25, 0.3) is 0 Å². The van der Waals surface area contributed by atoms with E-state index in [1.54, 1.807) is 6.92 Å². The Balaban J connectivity index is 5.15. The van der Waals surface area contributed by atoms with Crippen LogP contribution in [0.5, 0.6) is 0 Å². The summed E-state index contributed by atoms with van der Waals surface area (Å²) < 4.78 is 4.84. The summed E-state index contributed by atoms with van der Waals surface area (Å²) in [6, 6.07) is 0. The lowest BCUT2D eigenvalue weighted by Gasteiger charge is -2.06. The van der Waals surface area contributed by atoms with Crippen molar-refractivity contribution in [2.75, 3.05) is 6.61 Å². The molecule has 0 unspecified atom stereocenters. The molecule has 5 nitrogen and oxygen atoms in total. The standard InChI is InChI=1S/C10H17N3O2/c1-4-7(9(14)15-6-3)8(5-2)13-10(11)12/h4H,1,5-6H2,2-3H3,(H4,11,12,13)/b8-7+. The second-order valence-corrected chi connectivity index (χ2v) is 2.68. The van der Waals surface area contributed by atoms with Crippen molar-refractivity contribution in [1.29, 1.82) is 0 Å². The minimum absolute atomic E-state index is 0.0875. The number of hydrogen-bond donors (Lipinski definition) is 2. The van der Waals surface area contributed by atoms with Gasteiger partial charge in [0.05, 0.1) is 17.9 Å². The number of nitrogens with two attached hydrogens (primary N) is 2. The summed E-state index contributed by atoms with van der Waals surface area (Å²) in [5.41, 5.74) is 11.3. The van der Waals surface area contributed by atoms with Gasteiger partial charge in [0.15, 0.2) is 5.96 Å². The van der Waals surface area contributed by atoms with Gasteiger partial charge < -0.3 is 16.2 Å². The van der Waals surface area contributed by atoms with Gasteiger partial charge in [-0.1, -0.05) is 19.6 Å². The summed E-state index contributed by atoms with van der Waals surface area (Å²) >= 11 is 0. The number of carbonyl (C=O) groups is 1. The molecule has 15 heavy (non-hydrogen) atoms. The van der Waals surface area contributed by atoms with Crippen LogP contribution in [-0.4, -0.2) is 18.5 Å². The van der Waals surface area contributed by atoms with Crippen LogP contribution in [0.1, 0.15) is 20.3 Å². The second kappa shape index (κ2) is 6.64. The Bertz CT molecular complexity index is 302. The molecule has 0 aromatic carbocycles. The molecule has 0 bridgehead atoms. The van der Waals surface area contributed by atoms with Gasteiger partial charge in [-0.05, 0) is 13.3 Å². The molecule has 0 aliphatic rings. The predicted octanol–water partition coefficient (Wildman–Crippen LogP) is 0.673. The highest BCUT2D eigenvalue weighted by atomic mass is 16.5. The van der Waals surface area contributed by atoms with Crippen molar-refractivity contribution in [2.45, 2.75) is 20.3 Å². The molecule has 0 spiro atoms. The van der Waals surface area contributed by atoms with E-state index in [9.17, 15) is 4.79 Å². The van der Waals surface area contributed by atoms with E-state index in [0.717, 1.165) is 0 Å². The molecule has 0 aliphatic heterocycles. The molecule has 0 radical (unpaired) electrons. The number of aliphatic imine (C=N–C) groups is 1. The molecule has 0 saturated heterocycles. The molecule has 0 fully saturated rings. The lowest BCUT2D eigenvalue weighted by Crippen LogP contribution is -2.23. The van der Waals surface area contributed by atoms with Crippen LogP contribution in [0.2, 0.25) is 0 Å². The van der Waals surface area contributed by atoms with E-state index in [4.69, 9.17) is 16.2 Å². The minimum atomic E-state index is -0.464. The topological polar surface area (TPSA) is 90.7 Å². The maximum absolute atomic E-state index is 11.5. The predicted molar refractivity (Wildman–Crippen MR) is 60.0 cm³/mol. The minimum Gasteiger partial charge on any atom is -0.462 e. The highest BCUT2D eigenvalue weighted by molar-refractivity contribution is 5.93. The fraction of sp³-hybridized carbons (Fsp3) is 0.400. The number of nitrogens with zero attached hydrogens (tertiary/aromatic N) is 1. The zero-order chi connectivity index (χ0) is 11.8. The van der Waals surface area contributed by atoms with Crippen molar-refractivity contribution in [3.63, 3.8) is 0 Å². The third kappa shape index (κ3) is 4.30. The fourth-order valence-electron chi connectivity index (χ4n) is 1.01. The van der Waals surface area contributed by atoms with Crippen LogP contribution >= 0.6 is 0 Å². The molecule has 0 saturated carbocycles. The monoisotopic (exact) mass is 211 g/mol. The zero-order valence-corrected chi connectivity index (χ0v) is 9.12. The molecule has 0 atom stereocenters. The summed E-state index contributed by atoms with van der Waals surface area (Å²) in [4.78, 5) is 15.3. The number of allylic oxidation sites excluding steroid dienone is 1. The largest absolute Gasteiger partial charge is 0.462 e. The van der Waals surface area contributed by atoms with E-state index in [1.165, 1.54) is 6.08 Å². The van der Waals surface area contributed by atoms with E-state index in [-0.39, 0.29) is 5.96 Å². The van der Waals surface area contributed by atoms with Crippen LogP contribution in [0.25, 0.3) is 0 Å². The van der Waals surface area contributed by atoms with Crippen LogP contribution in [0.15, 0.2) is 28.9 Å². The van der Waals surface area contributed by atoms with Gasteiger partial charge in [-0.3, -0.25) is 0 Å². The molecular weight excluding hydrogens is 194 g/mol. The van der Waals surface area contributed by atoms with Crippen molar-refractivity contribution in [3.05, 3.63) is 23.9 Å². The molecule has 0 aliphatic carbocycles. The van der Waals surface area contributed by atoms with Crippen molar-refractivity contribution in [1.82, 2.24) is 0 Å². The van der Waals surface area contributed by atoms with Crippen molar-refractivity contribution in [2.24, 2.45) is 16.5 Å². The Hall–Kier alpha value is -1.78. The van der Waals surface area contributed by atoms with Crippen LogP contribution in [0.4, 0.5) is 0 Å². The maximum Gasteiger partial charge on any atom is 0.339 e. The maximum atomic E-state index is 11.5. The van der Waals surface area contributed by atoms with Crippen LogP contribution < -0.4 is 11.5 Å². The number of carbonyl (C=O) groups excluding carboxylic acids is 1. The van der Waals surface area contributed by atoms with E-state index in [1.807, 2.05) is 6.92 Å². The highest BCUT2D eigenvalue weighted by Crippen LogP contribution is 2.13. The third-order valence-electron chi connectivity index (χ3n) is 1.61. The Labute approximate surface area is 89.5 Å². The first kappa shape index (κ1) is 13.2. The third-order valence-corrected chi connectivity index (χ3v) is 1.61. The number of rotatable bonds is 5. The first-order valence-electron chi connectivity index (χ1n) is 4.69. The summed E-state index contributed by atoms with van der Waals surface area (Å²) in [5.74, 6) is -0.551. The Morgan fingerprint density at radius 2 is 2.07 bits per heavy atom. The first-order chi connectivity index (χ1) is 7.06. The summed E-state index contributed by atoms with van der Waals surface area (Å²) in [6.45, 7) is 7.40. The van der Waals surface area contributed by atoms with Crippen LogP contribution in [0, 0.1) is 0 Å². The average molecular weight is 211 g/mol. The van der Waals surface area contributed by atoms with E-state index >= 15 is 0 Å². The van der Waals surface area contributed by atoms with Gasteiger partial charge in [-0.15, -0.1) is 0 Å². The Kier molecular flexibility index (Phi) is 5.85. The molecule has 0 aromatic rings. The smallest absolute Gasteiger partial charge is 0.339 e. The van der Waals surface area contributed by atoms with Crippen molar-refractivity contribution in [3.8, 4) is 0 Å². The number of hydrogen-bond acceptors (Lipinski definition) is 3. The molecule has 0 heterocycles. The van der Waals surface area contributed by atoms with Gasteiger partial charge >= 0.3 is 5.97 Å². The van der Waals surface area contributed by atoms with E-state index < -0.39 is 5.97 Å². The average Bonchev–Trinajstić information content (AvgIpc) is 2.17. The first-order valence-corrected chi connectivity index (χ1v) is 4.69. The zero-order valence-electron chi connectivity index (χ0n) is 9.12. The van der Waals surface area contributed by atoms with Gasteiger partial charge in [0.2, 0.25) is 0 Å². The number of guanidine groups is 1. The van der Waals surface area contributed by atoms with Gasteiger partial charge in [0.1, 0.15) is 0 Å². The summed E-state index contributed by atoms with van der Waals surface area (Å²) in [7, 11) is 0. The summed E-state index contributed by atoms with van der Waals surface area (Å²) in [6.07, 6.45) is 1.92. The fourth-order valence-corrected chi connectivity index (χ4v) is 1.01. The Morgan fingerprint density at radius 3 is 2.40 bits per heavy atom. The quantitative estimate of drug-likeness (QED) is 0.230. The van der Waals surface area contributed by atoms with Gasteiger partial charge in [-0.2, -0.15) is 0 Å². The van der Waals surface area contributed by atoms with Crippen molar-refractivity contribution < 1.29 is 9.53 Å². The number of esters is 1. The molecule has 4 N–H and O–H groups in total. The SMILES string of the molecule is C=C/C(C(=O)OCC)=C(/CC)N=C(N)N. The van der Waals surface area contributed by atoms with Crippen molar-refractivity contribution >= 4 is 11.9 Å². The second-order valence-electron chi connectivity index (χ2n) is 2.68. The van der Waals surface area contributed by atoms with Gasteiger partial charge in [-0.25, -0.2) is 9.79 Å².